The van der Waals surface area contributed by atoms with Crippen LogP contribution in [0.5, 0.6) is 0 Å². The minimum atomic E-state index is -0.540. The zero-order valence-electron chi connectivity index (χ0n) is 12.6. The molecule has 1 N–H and O–H groups in total. The van der Waals surface area contributed by atoms with Gasteiger partial charge in [0.1, 0.15) is 16.6 Å². The van der Waals surface area contributed by atoms with Gasteiger partial charge < -0.3 is 5.32 Å². The molecule has 1 amide bonds. The minimum Gasteiger partial charge on any atom is -0.352 e. The predicted octanol–water partition coefficient (Wildman–Crippen LogP) is 3.95. The van der Waals surface area contributed by atoms with E-state index in [1.54, 1.807) is 5.38 Å². The molecule has 3 aromatic rings. The van der Waals surface area contributed by atoms with Crippen LogP contribution in [-0.2, 0) is 17.8 Å². The van der Waals surface area contributed by atoms with E-state index in [0.717, 1.165) is 23.8 Å². The third-order valence-corrected chi connectivity index (χ3v) is 4.25. The predicted molar refractivity (Wildman–Crippen MR) is 89.5 cm³/mol. The highest BCUT2D eigenvalue weighted by atomic mass is 32.1. The molecule has 0 atom stereocenters. The Morgan fingerprint density at radius 1 is 1.12 bits per heavy atom. The number of halogens is 2. The lowest BCUT2D eigenvalue weighted by molar-refractivity contribution is -0.120. The second kappa shape index (κ2) is 7.31. The van der Waals surface area contributed by atoms with Gasteiger partial charge >= 0.3 is 0 Å². The molecule has 1 aromatic heterocycles. The van der Waals surface area contributed by atoms with Crippen LogP contribution in [-0.4, -0.2) is 10.9 Å². The van der Waals surface area contributed by atoms with Crippen LogP contribution in [0.2, 0.25) is 0 Å². The van der Waals surface area contributed by atoms with Crippen molar-refractivity contribution < 1.29 is 13.6 Å². The number of benzene rings is 2. The number of aromatic nitrogens is 1. The summed E-state index contributed by atoms with van der Waals surface area (Å²) < 4.78 is 27.0. The molecular weight excluding hydrogens is 330 g/mol. The molecule has 3 rings (SSSR count). The molecule has 0 bridgehead atoms. The van der Waals surface area contributed by atoms with Crippen molar-refractivity contribution in [1.82, 2.24) is 10.3 Å². The number of carbonyl (C=O) groups is 1. The number of amides is 1. The first-order valence-electron chi connectivity index (χ1n) is 7.32. The number of nitrogens with one attached hydrogen (secondary N) is 1. The molecule has 0 aliphatic heterocycles. The maximum atomic E-state index is 13.8. The van der Waals surface area contributed by atoms with Gasteiger partial charge in [-0.05, 0) is 23.8 Å². The first-order valence-corrected chi connectivity index (χ1v) is 8.20. The lowest BCUT2D eigenvalue weighted by atomic mass is 10.1. The Hall–Kier alpha value is -2.60. The summed E-state index contributed by atoms with van der Waals surface area (Å²) in [6, 6.07) is 12.8. The first kappa shape index (κ1) is 16.3. The van der Waals surface area contributed by atoms with Crippen molar-refractivity contribution in [3.63, 3.8) is 0 Å². The zero-order chi connectivity index (χ0) is 16.9. The molecule has 0 aliphatic rings. The quantitative estimate of drug-likeness (QED) is 0.761. The average molecular weight is 344 g/mol. The van der Waals surface area contributed by atoms with E-state index < -0.39 is 11.6 Å². The summed E-state index contributed by atoms with van der Waals surface area (Å²) in [5, 5.41) is 4.99. The molecule has 3 nitrogen and oxygen atoms in total. The van der Waals surface area contributed by atoms with Crippen molar-refractivity contribution in [2.45, 2.75) is 13.0 Å². The molecule has 0 fully saturated rings. The van der Waals surface area contributed by atoms with Crippen LogP contribution in [0, 0.1) is 11.6 Å². The molecule has 0 spiro atoms. The summed E-state index contributed by atoms with van der Waals surface area (Å²) in [5.74, 6) is -1.23. The van der Waals surface area contributed by atoms with Crippen LogP contribution < -0.4 is 5.32 Å². The van der Waals surface area contributed by atoms with Crippen molar-refractivity contribution in [1.29, 1.82) is 0 Å². The molecule has 0 radical (unpaired) electrons. The SMILES string of the molecule is O=C(Cc1nc(-c2cc(F)ccc2F)cs1)NCc1ccccc1. The molecule has 0 saturated heterocycles. The van der Waals surface area contributed by atoms with Gasteiger partial charge in [-0.3, -0.25) is 4.79 Å². The highest BCUT2D eigenvalue weighted by molar-refractivity contribution is 7.10. The van der Waals surface area contributed by atoms with Crippen molar-refractivity contribution in [2.75, 3.05) is 0 Å². The summed E-state index contributed by atoms with van der Waals surface area (Å²) in [6.07, 6.45) is 0.106. The summed E-state index contributed by atoms with van der Waals surface area (Å²) in [6.45, 7) is 0.441. The van der Waals surface area contributed by atoms with Gasteiger partial charge in [-0.25, -0.2) is 13.8 Å². The van der Waals surface area contributed by atoms with E-state index in [1.165, 1.54) is 11.3 Å². The van der Waals surface area contributed by atoms with E-state index in [2.05, 4.69) is 10.3 Å². The van der Waals surface area contributed by atoms with E-state index in [-0.39, 0.29) is 17.9 Å². The lowest BCUT2D eigenvalue weighted by Crippen LogP contribution is -2.24. The van der Waals surface area contributed by atoms with Gasteiger partial charge in [-0.2, -0.15) is 0 Å². The van der Waals surface area contributed by atoms with Gasteiger partial charge in [0.2, 0.25) is 5.91 Å². The number of hydrogen-bond acceptors (Lipinski definition) is 3. The molecule has 24 heavy (non-hydrogen) atoms. The Morgan fingerprint density at radius 3 is 2.71 bits per heavy atom. The molecule has 0 unspecified atom stereocenters. The van der Waals surface area contributed by atoms with Crippen LogP contribution in [0.15, 0.2) is 53.9 Å². The lowest BCUT2D eigenvalue weighted by Gasteiger charge is -2.03. The zero-order valence-corrected chi connectivity index (χ0v) is 13.4. The van der Waals surface area contributed by atoms with Gasteiger partial charge in [0.15, 0.2) is 0 Å². The Bertz CT molecular complexity index is 849. The van der Waals surface area contributed by atoms with Gasteiger partial charge in [0.25, 0.3) is 0 Å². The van der Waals surface area contributed by atoms with Crippen molar-refractivity contribution in [3.05, 3.63) is 76.1 Å². The fourth-order valence-electron chi connectivity index (χ4n) is 2.21. The molecule has 0 aliphatic carbocycles. The Morgan fingerprint density at radius 2 is 1.92 bits per heavy atom. The molecule has 6 heteroatoms. The topological polar surface area (TPSA) is 42.0 Å². The van der Waals surface area contributed by atoms with E-state index in [4.69, 9.17) is 0 Å². The van der Waals surface area contributed by atoms with Crippen molar-refractivity contribution in [3.8, 4) is 11.3 Å². The smallest absolute Gasteiger partial charge is 0.227 e. The third kappa shape index (κ3) is 4.02. The van der Waals surface area contributed by atoms with Gasteiger partial charge in [0.05, 0.1) is 12.1 Å². The minimum absolute atomic E-state index is 0.0993. The Balaban J connectivity index is 1.63. The molecule has 0 saturated carbocycles. The van der Waals surface area contributed by atoms with E-state index >= 15 is 0 Å². The number of rotatable bonds is 5. The number of thiazole rings is 1. The van der Waals surface area contributed by atoms with Gasteiger partial charge in [-0.15, -0.1) is 11.3 Å². The standard InChI is InChI=1S/C18H14F2N2OS/c19-13-6-7-15(20)14(8-13)16-11-24-18(22-16)9-17(23)21-10-12-4-2-1-3-5-12/h1-8,11H,9-10H2,(H,21,23). The maximum absolute atomic E-state index is 13.8. The summed E-state index contributed by atoms with van der Waals surface area (Å²) >= 11 is 1.25. The average Bonchev–Trinajstić information content (AvgIpc) is 3.04. The fourth-order valence-corrected chi connectivity index (χ4v) is 3.00. The van der Waals surface area contributed by atoms with Crippen LogP contribution in [0.3, 0.4) is 0 Å². The number of hydrogen-bond donors (Lipinski definition) is 1. The fraction of sp³-hybridized carbons (Fsp3) is 0.111. The van der Waals surface area contributed by atoms with Crippen LogP contribution in [0.4, 0.5) is 8.78 Å². The van der Waals surface area contributed by atoms with Crippen molar-refractivity contribution >= 4 is 17.2 Å². The summed E-state index contributed by atoms with van der Waals surface area (Å²) in [5.41, 5.74) is 1.44. The summed E-state index contributed by atoms with van der Waals surface area (Å²) in [7, 11) is 0. The second-order valence-corrected chi connectivity index (χ2v) is 6.13. The summed E-state index contributed by atoms with van der Waals surface area (Å²) in [4.78, 5) is 16.2. The third-order valence-electron chi connectivity index (χ3n) is 3.40. The normalized spacial score (nSPS) is 10.6. The van der Waals surface area contributed by atoms with Crippen LogP contribution >= 0.6 is 11.3 Å². The molecule has 122 valence electrons. The number of nitrogens with zero attached hydrogens (tertiary/aromatic N) is 1. The van der Waals surface area contributed by atoms with E-state index in [9.17, 15) is 13.6 Å². The first-order chi connectivity index (χ1) is 11.6. The molecular formula is C18H14F2N2OS. The largest absolute Gasteiger partial charge is 0.352 e. The Labute approximate surface area is 142 Å². The second-order valence-electron chi connectivity index (χ2n) is 5.19. The maximum Gasteiger partial charge on any atom is 0.227 e. The number of carbonyl (C=O) groups excluding carboxylic acids is 1. The van der Waals surface area contributed by atoms with Crippen molar-refractivity contribution in [2.24, 2.45) is 0 Å². The van der Waals surface area contributed by atoms with Crippen LogP contribution in [0.1, 0.15) is 10.6 Å². The highest BCUT2D eigenvalue weighted by Gasteiger charge is 2.12. The monoisotopic (exact) mass is 344 g/mol. The highest BCUT2D eigenvalue weighted by Crippen LogP contribution is 2.25. The molecule has 2 aromatic carbocycles. The van der Waals surface area contributed by atoms with Gasteiger partial charge in [0, 0.05) is 17.5 Å². The van der Waals surface area contributed by atoms with E-state index in [0.29, 0.717) is 17.2 Å². The molecule has 1 heterocycles. The van der Waals surface area contributed by atoms with Gasteiger partial charge in [-0.1, -0.05) is 30.3 Å². The van der Waals surface area contributed by atoms with E-state index in [1.807, 2.05) is 30.3 Å². The van der Waals surface area contributed by atoms with Crippen LogP contribution in [0.25, 0.3) is 11.3 Å². The Kier molecular flexibility index (Phi) is 4.96.